The van der Waals surface area contributed by atoms with E-state index in [0.717, 1.165) is 6.07 Å². The molecular weight excluding hydrogens is 295 g/mol. The Bertz CT molecular complexity index is 670. The van der Waals surface area contributed by atoms with Gasteiger partial charge in [-0.2, -0.15) is 13.2 Å². The minimum Gasteiger partial charge on any atom is -0.477 e. The molecule has 2 rings (SSSR count). The van der Waals surface area contributed by atoms with Crippen molar-refractivity contribution in [1.82, 2.24) is 25.2 Å². The highest BCUT2D eigenvalue weighted by Crippen LogP contribution is 2.30. The molecule has 112 valence electrons. The zero-order valence-corrected chi connectivity index (χ0v) is 10.5. The van der Waals surface area contributed by atoms with Gasteiger partial charge in [0.25, 0.3) is 0 Å². The van der Waals surface area contributed by atoms with Gasteiger partial charge in [-0.3, -0.25) is 0 Å². The molecule has 0 aliphatic heterocycles. The Morgan fingerprint density at radius 3 is 2.67 bits per heavy atom. The summed E-state index contributed by atoms with van der Waals surface area (Å²) in [6.07, 6.45) is -4.71. The number of aromatic nitrogens is 5. The van der Waals surface area contributed by atoms with Crippen LogP contribution in [0, 0.1) is 0 Å². The van der Waals surface area contributed by atoms with Crippen molar-refractivity contribution in [3.8, 4) is 5.88 Å². The topological polar surface area (TPSA) is 103 Å². The molecule has 0 amide bonds. The van der Waals surface area contributed by atoms with E-state index in [9.17, 15) is 18.0 Å². The van der Waals surface area contributed by atoms with Crippen LogP contribution in [0.25, 0.3) is 0 Å². The van der Waals surface area contributed by atoms with Crippen LogP contribution < -0.4 is 4.74 Å². The molecule has 0 radical (unpaired) electrons. The Morgan fingerprint density at radius 1 is 1.43 bits per heavy atom. The molecule has 0 bridgehead atoms. The number of carbonyl (C=O) groups is 1. The third-order valence-corrected chi connectivity index (χ3v) is 2.43. The maximum absolute atomic E-state index is 12.6. The number of pyridine rings is 1. The van der Waals surface area contributed by atoms with Crippen LogP contribution in [0.2, 0.25) is 0 Å². The lowest BCUT2D eigenvalue weighted by Crippen LogP contribution is -2.13. The number of tetrazole rings is 1. The first-order chi connectivity index (χ1) is 9.79. The molecule has 11 heteroatoms. The number of hydrogen-bond acceptors (Lipinski definition) is 6. The molecule has 2 heterocycles. The van der Waals surface area contributed by atoms with E-state index < -0.39 is 29.3 Å². The summed E-state index contributed by atoms with van der Waals surface area (Å²) in [6, 6.07) is 1.35. The third-order valence-electron chi connectivity index (χ3n) is 2.43. The standard InChI is InChI=1S/C10H8F3N5O3/c1-18-7(15-16-17-18)4-21-8-5(9(19)20)2-3-6(14-8)10(11,12)13/h2-3H,4H2,1H3,(H,19,20). The van der Waals surface area contributed by atoms with Crippen LogP contribution in [-0.2, 0) is 19.8 Å². The predicted octanol–water partition coefficient (Wildman–Crippen LogP) is 0.901. The van der Waals surface area contributed by atoms with E-state index in [1.54, 1.807) is 0 Å². The average molecular weight is 303 g/mol. The van der Waals surface area contributed by atoms with E-state index in [2.05, 4.69) is 20.5 Å². The molecule has 0 spiro atoms. The molecule has 0 unspecified atom stereocenters. The second-order valence-electron chi connectivity index (χ2n) is 3.86. The molecular formula is C10H8F3N5O3. The summed E-state index contributed by atoms with van der Waals surface area (Å²) in [4.78, 5) is 14.2. The Kier molecular flexibility index (Phi) is 3.74. The monoisotopic (exact) mass is 303 g/mol. The van der Waals surface area contributed by atoms with Gasteiger partial charge >= 0.3 is 12.1 Å². The van der Waals surface area contributed by atoms with Crippen LogP contribution in [0.15, 0.2) is 12.1 Å². The van der Waals surface area contributed by atoms with Crippen molar-refractivity contribution < 1.29 is 27.8 Å². The van der Waals surface area contributed by atoms with E-state index >= 15 is 0 Å². The van der Waals surface area contributed by atoms with Gasteiger partial charge in [0.2, 0.25) is 5.88 Å². The number of carboxylic acid groups (broad SMARTS) is 1. The summed E-state index contributed by atoms with van der Waals surface area (Å²) >= 11 is 0. The fraction of sp³-hybridized carbons (Fsp3) is 0.300. The van der Waals surface area contributed by atoms with E-state index in [0.29, 0.717) is 6.07 Å². The smallest absolute Gasteiger partial charge is 0.433 e. The van der Waals surface area contributed by atoms with Crippen molar-refractivity contribution >= 4 is 5.97 Å². The minimum atomic E-state index is -4.71. The number of ether oxygens (including phenoxy) is 1. The molecule has 0 aliphatic carbocycles. The summed E-state index contributed by atoms with van der Waals surface area (Å²) in [5.74, 6) is -1.91. The third kappa shape index (κ3) is 3.24. The fourth-order valence-electron chi connectivity index (χ4n) is 1.37. The number of halogens is 3. The molecule has 0 saturated heterocycles. The molecule has 2 aromatic heterocycles. The van der Waals surface area contributed by atoms with Crippen molar-refractivity contribution in [3.63, 3.8) is 0 Å². The van der Waals surface area contributed by atoms with E-state index in [4.69, 9.17) is 9.84 Å². The zero-order valence-electron chi connectivity index (χ0n) is 10.5. The van der Waals surface area contributed by atoms with Crippen LogP contribution in [0.4, 0.5) is 13.2 Å². The van der Waals surface area contributed by atoms with Crippen LogP contribution in [0.1, 0.15) is 21.9 Å². The van der Waals surface area contributed by atoms with Gasteiger partial charge in [0.05, 0.1) is 0 Å². The van der Waals surface area contributed by atoms with Gasteiger partial charge in [0, 0.05) is 7.05 Å². The van der Waals surface area contributed by atoms with E-state index in [1.165, 1.54) is 11.7 Å². The molecule has 0 aromatic carbocycles. The van der Waals surface area contributed by atoms with Gasteiger partial charge in [0.15, 0.2) is 12.4 Å². The van der Waals surface area contributed by atoms with Crippen molar-refractivity contribution in [2.75, 3.05) is 0 Å². The zero-order chi connectivity index (χ0) is 15.6. The summed E-state index contributed by atoms with van der Waals surface area (Å²) < 4.78 is 44.0. The van der Waals surface area contributed by atoms with Gasteiger partial charge in [-0.05, 0) is 22.6 Å². The maximum Gasteiger partial charge on any atom is 0.433 e. The normalized spacial score (nSPS) is 11.4. The lowest BCUT2D eigenvalue weighted by atomic mass is 10.2. The second-order valence-corrected chi connectivity index (χ2v) is 3.86. The number of alkyl halides is 3. The van der Waals surface area contributed by atoms with Gasteiger partial charge in [0.1, 0.15) is 11.3 Å². The lowest BCUT2D eigenvalue weighted by Gasteiger charge is -2.11. The first-order valence-corrected chi connectivity index (χ1v) is 5.44. The highest BCUT2D eigenvalue weighted by atomic mass is 19.4. The first kappa shape index (κ1) is 14.7. The highest BCUT2D eigenvalue weighted by Gasteiger charge is 2.34. The highest BCUT2D eigenvalue weighted by molar-refractivity contribution is 5.90. The predicted molar refractivity (Wildman–Crippen MR) is 59.3 cm³/mol. The maximum atomic E-state index is 12.6. The number of hydrogen-bond donors (Lipinski definition) is 1. The summed E-state index contributed by atoms with van der Waals surface area (Å²) in [5, 5.41) is 19.3. The molecule has 0 saturated carbocycles. The molecule has 1 N–H and O–H groups in total. The summed E-state index contributed by atoms with van der Waals surface area (Å²) in [6.45, 7) is -0.321. The van der Waals surface area contributed by atoms with Crippen molar-refractivity contribution in [2.45, 2.75) is 12.8 Å². The average Bonchev–Trinajstić information content (AvgIpc) is 2.80. The van der Waals surface area contributed by atoms with Crippen LogP contribution in [0.5, 0.6) is 5.88 Å². The quantitative estimate of drug-likeness (QED) is 0.895. The van der Waals surface area contributed by atoms with Crippen LogP contribution in [-0.4, -0.2) is 36.3 Å². The van der Waals surface area contributed by atoms with Gasteiger partial charge in [-0.15, -0.1) is 5.10 Å². The molecule has 0 aliphatic rings. The van der Waals surface area contributed by atoms with Crippen molar-refractivity contribution in [2.24, 2.45) is 7.05 Å². The van der Waals surface area contributed by atoms with E-state index in [1.807, 2.05) is 0 Å². The minimum absolute atomic E-state index is 0.200. The van der Waals surface area contributed by atoms with Gasteiger partial charge < -0.3 is 9.84 Å². The summed E-state index contributed by atoms with van der Waals surface area (Å²) in [5.41, 5.74) is -1.74. The number of aryl methyl sites for hydroxylation is 1. The van der Waals surface area contributed by atoms with Gasteiger partial charge in [-0.1, -0.05) is 0 Å². The Labute approximate surface area is 115 Å². The number of carboxylic acids is 1. The Hall–Kier alpha value is -2.72. The Balaban J connectivity index is 2.31. The van der Waals surface area contributed by atoms with Crippen molar-refractivity contribution in [3.05, 3.63) is 29.2 Å². The largest absolute Gasteiger partial charge is 0.477 e. The van der Waals surface area contributed by atoms with Crippen LogP contribution >= 0.6 is 0 Å². The lowest BCUT2D eigenvalue weighted by molar-refractivity contribution is -0.141. The van der Waals surface area contributed by atoms with Crippen molar-refractivity contribution in [1.29, 1.82) is 0 Å². The Morgan fingerprint density at radius 2 is 2.14 bits per heavy atom. The van der Waals surface area contributed by atoms with Crippen LogP contribution in [0.3, 0.4) is 0 Å². The molecule has 21 heavy (non-hydrogen) atoms. The number of nitrogens with zero attached hydrogens (tertiary/aromatic N) is 5. The SMILES string of the molecule is Cn1nnnc1COc1nc(C(F)(F)F)ccc1C(=O)O. The molecule has 2 aromatic rings. The first-order valence-electron chi connectivity index (χ1n) is 5.44. The summed E-state index contributed by atoms with van der Waals surface area (Å²) in [7, 11) is 1.50. The molecule has 8 nitrogen and oxygen atoms in total. The molecule has 0 atom stereocenters. The number of aromatic carboxylic acids is 1. The second kappa shape index (κ2) is 5.34. The molecule has 0 fully saturated rings. The van der Waals surface area contributed by atoms with E-state index in [-0.39, 0.29) is 12.4 Å². The fourth-order valence-corrected chi connectivity index (χ4v) is 1.37. The van der Waals surface area contributed by atoms with Gasteiger partial charge in [-0.25, -0.2) is 14.5 Å². The number of rotatable bonds is 4.